The Hall–Kier alpha value is -1.31. The van der Waals surface area contributed by atoms with Crippen LogP contribution in [0.1, 0.15) is 24.8 Å². The van der Waals surface area contributed by atoms with Gasteiger partial charge in [-0.1, -0.05) is 35.5 Å². The summed E-state index contributed by atoms with van der Waals surface area (Å²) in [6.45, 7) is 0. The van der Waals surface area contributed by atoms with Crippen LogP contribution in [-0.2, 0) is 4.84 Å². The SMILES string of the molecule is c1ccc(C2=NOC3CCCC23)cc1. The van der Waals surface area contributed by atoms with E-state index in [9.17, 15) is 0 Å². The van der Waals surface area contributed by atoms with Crippen molar-refractivity contribution in [2.75, 3.05) is 0 Å². The maximum absolute atomic E-state index is 5.43. The van der Waals surface area contributed by atoms with Crippen LogP contribution in [0.15, 0.2) is 35.5 Å². The molecule has 0 bridgehead atoms. The van der Waals surface area contributed by atoms with Crippen LogP contribution in [0.3, 0.4) is 0 Å². The molecule has 2 unspecified atom stereocenters. The first-order valence-electron chi connectivity index (χ1n) is 5.24. The molecule has 0 radical (unpaired) electrons. The van der Waals surface area contributed by atoms with Crippen LogP contribution < -0.4 is 0 Å². The summed E-state index contributed by atoms with van der Waals surface area (Å²) in [4.78, 5) is 5.43. The van der Waals surface area contributed by atoms with Gasteiger partial charge in [0.25, 0.3) is 0 Å². The smallest absolute Gasteiger partial charge is 0.136 e. The minimum Gasteiger partial charge on any atom is -0.392 e. The monoisotopic (exact) mass is 187 g/mol. The molecular weight excluding hydrogens is 174 g/mol. The maximum Gasteiger partial charge on any atom is 0.136 e. The lowest BCUT2D eigenvalue weighted by molar-refractivity contribution is 0.0746. The van der Waals surface area contributed by atoms with Gasteiger partial charge in [-0.3, -0.25) is 0 Å². The molecule has 1 aliphatic heterocycles. The second kappa shape index (κ2) is 3.12. The fraction of sp³-hybridized carbons (Fsp3) is 0.417. The zero-order chi connectivity index (χ0) is 9.38. The fourth-order valence-electron chi connectivity index (χ4n) is 2.43. The molecule has 0 spiro atoms. The van der Waals surface area contributed by atoms with Crippen molar-refractivity contribution >= 4 is 5.71 Å². The molecule has 1 aliphatic carbocycles. The third-order valence-corrected chi connectivity index (χ3v) is 3.16. The number of hydrogen-bond acceptors (Lipinski definition) is 2. The Morgan fingerprint density at radius 1 is 1.14 bits per heavy atom. The highest BCUT2D eigenvalue weighted by atomic mass is 16.6. The predicted octanol–water partition coefficient (Wildman–Crippen LogP) is 2.59. The summed E-state index contributed by atoms with van der Waals surface area (Å²) >= 11 is 0. The van der Waals surface area contributed by atoms with E-state index in [4.69, 9.17) is 4.84 Å². The summed E-state index contributed by atoms with van der Waals surface area (Å²) in [5.74, 6) is 0.553. The summed E-state index contributed by atoms with van der Waals surface area (Å²) in [6, 6.07) is 10.4. The van der Waals surface area contributed by atoms with E-state index in [0.29, 0.717) is 12.0 Å². The van der Waals surface area contributed by atoms with Gasteiger partial charge in [-0.05, 0) is 24.8 Å². The first kappa shape index (κ1) is 8.04. The van der Waals surface area contributed by atoms with Gasteiger partial charge in [0, 0.05) is 5.92 Å². The molecule has 1 saturated carbocycles. The Labute approximate surface area is 83.6 Å². The van der Waals surface area contributed by atoms with Crippen molar-refractivity contribution < 1.29 is 4.84 Å². The third kappa shape index (κ3) is 1.14. The summed E-state index contributed by atoms with van der Waals surface area (Å²) in [5.41, 5.74) is 2.38. The van der Waals surface area contributed by atoms with Gasteiger partial charge in [0.05, 0.1) is 5.71 Å². The van der Waals surface area contributed by atoms with E-state index in [1.807, 2.05) is 6.07 Å². The molecule has 2 nitrogen and oxygen atoms in total. The Morgan fingerprint density at radius 2 is 2.00 bits per heavy atom. The van der Waals surface area contributed by atoms with Crippen molar-refractivity contribution in [1.29, 1.82) is 0 Å². The number of benzene rings is 1. The van der Waals surface area contributed by atoms with Crippen LogP contribution in [0, 0.1) is 5.92 Å². The summed E-state index contributed by atoms with van der Waals surface area (Å²) < 4.78 is 0. The van der Waals surface area contributed by atoms with Crippen LogP contribution in [-0.4, -0.2) is 11.8 Å². The highest BCUT2D eigenvalue weighted by Gasteiger charge is 2.38. The second-order valence-electron chi connectivity index (χ2n) is 4.02. The number of fused-ring (bicyclic) bond motifs is 1. The van der Waals surface area contributed by atoms with Crippen molar-refractivity contribution in [1.82, 2.24) is 0 Å². The van der Waals surface area contributed by atoms with E-state index in [1.165, 1.54) is 24.8 Å². The van der Waals surface area contributed by atoms with Crippen molar-refractivity contribution in [3.8, 4) is 0 Å². The summed E-state index contributed by atoms with van der Waals surface area (Å²) in [7, 11) is 0. The van der Waals surface area contributed by atoms with E-state index in [-0.39, 0.29) is 0 Å². The Kier molecular flexibility index (Phi) is 1.79. The van der Waals surface area contributed by atoms with E-state index in [1.54, 1.807) is 0 Å². The molecule has 1 fully saturated rings. The largest absolute Gasteiger partial charge is 0.392 e. The van der Waals surface area contributed by atoms with E-state index in [0.717, 1.165) is 5.71 Å². The predicted molar refractivity (Wildman–Crippen MR) is 55.2 cm³/mol. The van der Waals surface area contributed by atoms with E-state index < -0.39 is 0 Å². The highest BCUT2D eigenvalue weighted by molar-refractivity contribution is 6.03. The van der Waals surface area contributed by atoms with Gasteiger partial charge in [0.15, 0.2) is 0 Å². The maximum atomic E-state index is 5.43. The zero-order valence-electron chi connectivity index (χ0n) is 8.02. The standard InChI is InChI=1S/C12H13NO/c1-2-5-9(6-3-1)12-10-7-4-8-11(10)14-13-12/h1-3,5-6,10-11H,4,7-8H2. The van der Waals surface area contributed by atoms with E-state index >= 15 is 0 Å². The highest BCUT2D eigenvalue weighted by Crippen LogP contribution is 2.35. The molecule has 0 aromatic heterocycles. The number of rotatable bonds is 1. The summed E-state index contributed by atoms with van der Waals surface area (Å²) in [5, 5.41) is 4.21. The molecule has 0 N–H and O–H groups in total. The normalized spacial score (nSPS) is 29.6. The molecule has 14 heavy (non-hydrogen) atoms. The lowest BCUT2D eigenvalue weighted by Gasteiger charge is -2.08. The van der Waals surface area contributed by atoms with Gasteiger partial charge < -0.3 is 4.84 Å². The minimum absolute atomic E-state index is 0.366. The van der Waals surface area contributed by atoms with Gasteiger partial charge >= 0.3 is 0 Å². The molecule has 2 atom stereocenters. The molecular formula is C12H13NO. The molecule has 2 aliphatic rings. The van der Waals surface area contributed by atoms with Crippen molar-refractivity contribution in [3.63, 3.8) is 0 Å². The molecule has 0 saturated heterocycles. The first-order valence-corrected chi connectivity index (χ1v) is 5.24. The molecule has 2 heteroatoms. The summed E-state index contributed by atoms with van der Waals surface area (Å²) in [6.07, 6.45) is 4.05. The molecule has 0 amide bonds. The Balaban J connectivity index is 1.93. The van der Waals surface area contributed by atoms with Gasteiger partial charge in [-0.15, -0.1) is 0 Å². The second-order valence-corrected chi connectivity index (χ2v) is 4.02. The molecule has 1 heterocycles. The number of oxime groups is 1. The molecule has 72 valence electrons. The van der Waals surface area contributed by atoms with Crippen LogP contribution in [0.5, 0.6) is 0 Å². The quantitative estimate of drug-likeness (QED) is 0.662. The van der Waals surface area contributed by atoms with Crippen molar-refractivity contribution in [2.24, 2.45) is 11.1 Å². The number of hydrogen-bond donors (Lipinski definition) is 0. The van der Waals surface area contributed by atoms with Gasteiger partial charge in [-0.2, -0.15) is 0 Å². The lowest BCUT2D eigenvalue weighted by Crippen LogP contribution is -2.17. The van der Waals surface area contributed by atoms with Crippen molar-refractivity contribution in [2.45, 2.75) is 25.4 Å². The van der Waals surface area contributed by atoms with Crippen LogP contribution in [0.25, 0.3) is 0 Å². The van der Waals surface area contributed by atoms with Gasteiger partial charge in [0.2, 0.25) is 0 Å². The third-order valence-electron chi connectivity index (χ3n) is 3.16. The molecule has 3 rings (SSSR count). The van der Waals surface area contributed by atoms with Gasteiger partial charge in [0.1, 0.15) is 6.10 Å². The zero-order valence-corrected chi connectivity index (χ0v) is 8.02. The molecule has 1 aromatic carbocycles. The lowest BCUT2D eigenvalue weighted by atomic mass is 9.95. The minimum atomic E-state index is 0.366. The molecule has 1 aromatic rings. The van der Waals surface area contributed by atoms with Gasteiger partial charge in [-0.25, -0.2) is 0 Å². The Bertz CT molecular complexity index is 358. The topological polar surface area (TPSA) is 21.6 Å². The van der Waals surface area contributed by atoms with Crippen molar-refractivity contribution in [3.05, 3.63) is 35.9 Å². The van der Waals surface area contributed by atoms with Crippen LogP contribution in [0.4, 0.5) is 0 Å². The Morgan fingerprint density at radius 3 is 2.86 bits per heavy atom. The first-order chi connectivity index (χ1) is 6.95. The van der Waals surface area contributed by atoms with Crippen LogP contribution in [0.2, 0.25) is 0 Å². The number of nitrogens with zero attached hydrogens (tertiary/aromatic N) is 1. The fourth-order valence-corrected chi connectivity index (χ4v) is 2.43. The van der Waals surface area contributed by atoms with Crippen LogP contribution >= 0.6 is 0 Å². The average Bonchev–Trinajstić information content (AvgIpc) is 2.79. The van der Waals surface area contributed by atoms with E-state index in [2.05, 4.69) is 29.4 Å². The average molecular weight is 187 g/mol.